The lowest BCUT2D eigenvalue weighted by Gasteiger charge is -2.27. The van der Waals surface area contributed by atoms with Crippen LogP contribution in [0.5, 0.6) is 0 Å². The van der Waals surface area contributed by atoms with E-state index in [1.54, 1.807) is 0 Å². The fraction of sp³-hybridized carbons (Fsp3) is 0.769. The molecule has 1 fully saturated rings. The zero-order chi connectivity index (χ0) is 11.2. The van der Waals surface area contributed by atoms with Gasteiger partial charge < -0.3 is 10.2 Å². The summed E-state index contributed by atoms with van der Waals surface area (Å²) in [7, 11) is 0. The highest BCUT2D eigenvalue weighted by Gasteiger charge is 2.17. The van der Waals surface area contributed by atoms with Crippen LogP contribution in [0.4, 0.5) is 0 Å². The summed E-state index contributed by atoms with van der Waals surface area (Å²) in [4.78, 5) is 13.9. The first kappa shape index (κ1) is 11.6. The van der Waals surface area contributed by atoms with Crippen molar-refractivity contribution < 1.29 is 4.79 Å². The van der Waals surface area contributed by atoms with E-state index in [1.807, 2.05) is 4.90 Å². The van der Waals surface area contributed by atoms with Gasteiger partial charge in [0, 0.05) is 19.1 Å². The summed E-state index contributed by atoms with van der Waals surface area (Å²) in [6.07, 6.45) is 11.7. The summed E-state index contributed by atoms with van der Waals surface area (Å²) in [6.45, 7) is 2.43. The molecule has 0 aromatic carbocycles. The molecule has 1 heterocycles. The Balaban J connectivity index is 1.70. The van der Waals surface area contributed by atoms with Gasteiger partial charge in [-0.05, 0) is 38.5 Å². The molecule has 3 heteroatoms. The van der Waals surface area contributed by atoms with Crippen molar-refractivity contribution in [3.8, 4) is 0 Å². The molecule has 2 aliphatic rings. The number of nitrogens with zero attached hydrogens (tertiary/aromatic N) is 1. The first-order chi connectivity index (χ1) is 7.86. The molecule has 0 aromatic rings. The molecule has 1 N–H and O–H groups in total. The van der Waals surface area contributed by atoms with Gasteiger partial charge >= 0.3 is 0 Å². The maximum Gasteiger partial charge on any atom is 0.236 e. The predicted octanol–water partition coefficient (Wildman–Crippen LogP) is 1.70. The number of hydrogen-bond donors (Lipinski definition) is 1. The van der Waals surface area contributed by atoms with E-state index < -0.39 is 0 Å². The number of rotatable bonds is 3. The van der Waals surface area contributed by atoms with Crippen molar-refractivity contribution in [1.82, 2.24) is 10.2 Å². The molecule has 1 unspecified atom stereocenters. The summed E-state index contributed by atoms with van der Waals surface area (Å²) >= 11 is 0. The Morgan fingerprint density at radius 2 is 2.06 bits per heavy atom. The lowest BCUT2D eigenvalue weighted by Crippen LogP contribution is -2.43. The quantitative estimate of drug-likeness (QED) is 0.737. The third-order valence-corrected chi connectivity index (χ3v) is 3.48. The SMILES string of the molecule is O=C(CNC1C=CCCC1)N1CCCCC1. The van der Waals surface area contributed by atoms with E-state index in [0.717, 1.165) is 13.1 Å². The van der Waals surface area contributed by atoms with Gasteiger partial charge in [0.2, 0.25) is 5.91 Å². The number of likely N-dealkylation sites (tertiary alicyclic amines) is 1. The number of carbonyl (C=O) groups is 1. The number of amides is 1. The lowest BCUT2D eigenvalue weighted by molar-refractivity contribution is -0.131. The summed E-state index contributed by atoms with van der Waals surface area (Å²) in [5.74, 6) is 0.277. The minimum Gasteiger partial charge on any atom is -0.342 e. The summed E-state index contributed by atoms with van der Waals surface area (Å²) in [5.41, 5.74) is 0. The Hall–Kier alpha value is -0.830. The number of allylic oxidation sites excluding steroid dienone is 1. The standard InChI is InChI=1S/C13H22N2O/c16-13(15-9-5-2-6-10-15)11-14-12-7-3-1-4-8-12/h3,7,12,14H,1-2,4-6,8-11H2. The number of hydrogen-bond acceptors (Lipinski definition) is 2. The Bertz CT molecular complexity index is 257. The average Bonchev–Trinajstić information content (AvgIpc) is 2.38. The molecule has 0 radical (unpaired) electrons. The van der Waals surface area contributed by atoms with Gasteiger partial charge in [0.15, 0.2) is 0 Å². The van der Waals surface area contributed by atoms with Gasteiger partial charge in [-0.25, -0.2) is 0 Å². The molecule has 0 bridgehead atoms. The number of piperidine rings is 1. The fourth-order valence-corrected chi connectivity index (χ4v) is 2.46. The Morgan fingerprint density at radius 1 is 1.25 bits per heavy atom. The Kier molecular flexibility index (Phi) is 4.40. The third kappa shape index (κ3) is 3.34. The van der Waals surface area contributed by atoms with Crippen LogP contribution in [-0.2, 0) is 4.79 Å². The van der Waals surface area contributed by atoms with Crippen molar-refractivity contribution in [2.24, 2.45) is 0 Å². The van der Waals surface area contributed by atoms with E-state index in [-0.39, 0.29) is 5.91 Å². The molecule has 1 amide bonds. The molecule has 1 saturated heterocycles. The van der Waals surface area contributed by atoms with Gasteiger partial charge in [0.05, 0.1) is 6.54 Å². The Morgan fingerprint density at radius 3 is 2.75 bits per heavy atom. The van der Waals surface area contributed by atoms with E-state index in [4.69, 9.17) is 0 Å². The van der Waals surface area contributed by atoms with E-state index >= 15 is 0 Å². The molecule has 90 valence electrons. The zero-order valence-electron chi connectivity index (χ0n) is 9.95. The molecule has 0 spiro atoms. The molecule has 0 aromatic heterocycles. The van der Waals surface area contributed by atoms with Crippen LogP contribution >= 0.6 is 0 Å². The number of nitrogens with one attached hydrogen (secondary N) is 1. The van der Waals surface area contributed by atoms with Crippen molar-refractivity contribution in [2.45, 2.75) is 44.6 Å². The van der Waals surface area contributed by atoms with Crippen molar-refractivity contribution in [1.29, 1.82) is 0 Å². The van der Waals surface area contributed by atoms with E-state index in [9.17, 15) is 4.79 Å². The van der Waals surface area contributed by atoms with Crippen LogP contribution in [0.15, 0.2) is 12.2 Å². The molecule has 16 heavy (non-hydrogen) atoms. The summed E-state index contributed by atoms with van der Waals surface area (Å²) < 4.78 is 0. The topological polar surface area (TPSA) is 32.3 Å². The molecule has 3 nitrogen and oxygen atoms in total. The van der Waals surface area contributed by atoms with Gasteiger partial charge in [-0.15, -0.1) is 0 Å². The van der Waals surface area contributed by atoms with E-state index in [1.165, 1.54) is 38.5 Å². The van der Waals surface area contributed by atoms with Gasteiger partial charge in [0.25, 0.3) is 0 Å². The minimum atomic E-state index is 0.277. The van der Waals surface area contributed by atoms with Crippen LogP contribution in [0.1, 0.15) is 38.5 Å². The predicted molar refractivity (Wildman–Crippen MR) is 65.2 cm³/mol. The van der Waals surface area contributed by atoms with Gasteiger partial charge in [-0.3, -0.25) is 4.79 Å². The molecular weight excluding hydrogens is 200 g/mol. The van der Waals surface area contributed by atoms with Crippen LogP contribution in [0.25, 0.3) is 0 Å². The molecular formula is C13H22N2O. The van der Waals surface area contributed by atoms with Crippen molar-refractivity contribution in [3.05, 3.63) is 12.2 Å². The summed E-state index contributed by atoms with van der Waals surface area (Å²) in [5, 5.41) is 3.34. The zero-order valence-corrected chi connectivity index (χ0v) is 9.95. The van der Waals surface area contributed by atoms with Crippen molar-refractivity contribution in [3.63, 3.8) is 0 Å². The molecule has 2 rings (SSSR count). The second-order valence-electron chi connectivity index (χ2n) is 4.79. The highest BCUT2D eigenvalue weighted by molar-refractivity contribution is 5.78. The first-order valence-electron chi connectivity index (χ1n) is 6.54. The largest absolute Gasteiger partial charge is 0.342 e. The average molecular weight is 222 g/mol. The van der Waals surface area contributed by atoms with E-state index in [0.29, 0.717) is 12.6 Å². The second-order valence-corrected chi connectivity index (χ2v) is 4.79. The van der Waals surface area contributed by atoms with Gasteiger partial charge in [0.1, 0.15) is 0 Å². The smallest absolute Gasteiger partial charge is 0.236 e. The van der Waals surface area contributed by atoms with Crippen molar-refractivity contribution >= 4 is 5.91 Å². The number of carbonyl (C=O) groups excluding carboxylic acids is 1. The minimum absolute atomic E-state index is 0.277. The van der Waals surface area contributed by atoms with Crippen LogP contribution in [0, 0.1) is 0 Å². The molecule has 1 aliphatic heterocycles. The maximum atomic E-state index is 11.9. The van der Waals surface area contributed by atoms with Gasteiger partial charge in [-0.1, -0.05) is 12.2 Å². The lowest BCUT2D eigenvalue weighted by atomic mass is 10.0. The van der Waals surface area contributed by atoms with Crippen LogP contribution in [0.3, 0.4) is 0 Å². The summed E-state index contributed by atoms with van der Waals surface area (Å²) in [6, 6.07) is 0.419. The fourth-order valence-electron chi connectivity index (χ4n) is 2.46. The van der Waals surface area contributed by atoms with Crippen molar-refractivity contribution in [2.75, 3.05) is 19.6 Å². The monoisotopic (exact) mass is 222 g/mol. The normalized spacial score (nSPS) is 25.8. The van der Waals surface area contributed by atoms with E-state index in [2.05, 4.69) is 17.5 Å². The highest BCUT2D eigenvalue weighted by atomic mass is 16.2. The third-order valence-electron chi connectivity index (χ3n) is 3.48. The van der Waals surface area contributed by atoms with Crippen LogP contribution in [0.2, 0.25) is 0 Å². The highest BCUT2D eigenvalue weighted by Crippen LogP contribution is 2.11. The van der Waals surface area contributed by atoms with Crippen LogP contribution < -0.4 is 5.32 Å². The molecule has 0 saturated carbocycles. The maximum absolute atomic E-state index is 11.9. The first-order valence-corrected chi connectivity index (χ1v) is 6.54. The van der Waals surface area contributed by atoms with Crippen LogP contribution in [-0.4, -0.2) is 36.5 Å². The molecule has 1 aliphatic carbocycles. The Labute approximate surface area is 97.9 Å². The van der Waals surface area contributed by atoms with Gasteiger partial charge in [-0.2, -0.15) is 0 Å². The molecule has 1 atom stereocenters. The second kappa shape index (κ2) is 6.04.